The van der Waals surface area contributed by atoms with Crippen LogP contribution in [0.1, 0.15) is 72.9 Å². The van der Waals surface area contributed by atoms with E-state index in [4.69, 9.17) is 8.83 Å². The van der Waals surface area contributed by atoms with Gasteiger partial charge in [-0.05, 0) is 202 Å². The lowest BCUT2D eigenvalue weighted by molar-refractivity contribution is 0.664. The van der Waals surface area contributed by atoms with Gasteiger partial charge in [0.05, 0.1) is 0 Å². The predicted molar refractivity (Wildman–Crippen MR) is 323 cm³/mol. The molecule has 0 saturated heterocycles. The normalized spacial score (nSPS) is 11.9. The van der Waals surface area contributed by atoms with Crippen molar-refractivity contribution < 1.29 is 8.83 Å². The number of hydrogen-bond donors (Lipinski definition) is 0. The first-order valence-corrected chi connectivity index (χ1v) is 26.8. The smallest absolute Gasteiger partial charge is 0.136 e. The number of benzene rings is 11. The highest BCUT2D eigenvalue weighted by atomic mass is 16.3. The quantitative estimate of drug-likeness (QED) is 0.137. The molecule has 0 N–H and O–H groups in total. The van der Waals surface area contributed by atoms with Crippen molar-refractivity contribution in [1.82, 2.24) is 0 Å². The van der Waals surface area contributed by atoms with E-state index in [2.05, 4.69) is 271 Å². The minimum Gasteiger partial charge on any atom is -0.456 e. The third-order valence-electron chi connectivity index (χ3n) is 15.9. The van der Waals surface area contributed by atoms with Gasteiger partial charge in [-0.25, -0.2) is 0 Å². The van der Waals surface area contributed by atoms with Crippen LogP contribution in [0.15, 0.2) is 215 Å². The molecule has 13 aromatic rings. The molecule has 4 heteroatoms. The summed E-state index contributed by atoms with van der Waals surface area (Å²) in [5.74, 6) is 0.783. The van der Waals surface area contributed by atoms with Crippen molar-refractivity contribution in [3.05, 3.63) is 240 Å². The standard InChI is InChI=1S/C72H60N2O2/c1-43(2)51-23-19-45(5)65(35-51)73(67-37-55(25-21-47(67)7)49-15-11-9-12-16-49)59-29-27-53-33-61-63-41-72-64(42-71(63)75-69(61)39-57(53)31-59)62-34-54-28-30-60(32-58(54)40-70(62)76-72)74(66-36-52(44(3)4)24-20-46(66)6)68-38-56(26-22-48(68)8)50-17-13-10-14-18-50/h9-44H,1-8H3. The zero-order valence-corrected chi connectivity index (χ0v) is 44.5. The third-order valence-corrected chi connectivity index (χ3v) is 15.9. The lowest BCUT2D eigenvalue weighted by Gasteiger charge is -2.30. The van der Waals surface area contributed by atoms with E-state index in [1.165, 1.54) is 67.0 Å². The molecule has 0 amide bonds. The van der Waals surface area contributed by atoms with Gasteiger partial charge in [0.2, 0.25) is 0 Å². The Labute approximate surface area is 445 Å². The van der Waals surface area contributed by atoms with Crippen molar-refractivity contribution in [2.24, 2.45) is 0 Å². The molecule has 370 valence electrons. The highest BCUT2D eigenvalue weighted by Gasteiger charge is 2.23. The van der Waals surface area contributed by atoms with Gasteiger partial charge in [-0.15, -0.1) is 0 Å². The van der Waals surface area contributed by atoms with E-state index in [1.54, 1.807) is 0 Å². The molecule has 0 aliphatic rings. The van der Waals surface area contributed by atoms with E-state index in [9.17, 15) is 0 Å². The summed E-state index contributed by atoms with van der Waals surface area (Å²) in [4.78, 5) is 4.90. The fraction of sp³-hybridized carbons (Fsp3) is 0.139. The van der Waals surface area contributed by atoms with Gasteiger partial charge in [0.15, 0.2) is 0 Å². The molecule has 0 unspecified atom stereocenters. The van der Waals surface area contributed by atoms with Gasteiger partial charge in [-0.2, -0.15) is 0 Å². The largest absolute Gasteiger partial charge is 0.456 e. The summed E-state index contributed by atoms with van der Waals surface area (Å²) in [6.45, 7) is 17.9. The predicted octanol–water partition coefficient (Wildman–Crippen LogP) is 21.5. The molecule has 76 heavy (non-hydrogen) atoms. The molecule has 0 aliphatic heterocycles. The van der Waals surface area contributed by atoms with Crippen LogP contribution in [0.25, 0.3) is 87.7 Å². The van der Waals surface area contributed by atoms with Crippen LogP contribution in [-0.4, -0.2) is 0 Å². The van der Waals surface area contributed by atoms with Crippen LogP contribution in [0.2, 0.25) is 0 Å². The molecule has 2 heterocycles. The molecule has 0 spiro atoms. The Morgan fingerprint density at radius 1 is 0.289 bits per heavy atom. The second-order valence-corrected chi connectivity index (χ2v) is 21.6. The minimum absolute atomic E-state index is 0.392. The molecular formula is C72H60N2O2. The lowest BCUT2D eigenvalue weighted by atomic mass is 9.97. The van der Waals surface area contributed by atoms with Crippen molar-refractivity contribution in [2.75, 3.05) is 9.80 Å². The van der Waals surface area contributed by atoms with Crippen molar-refractivity contribution in [3.8, 4) is 22.3 Å². The van der Waals surface area contributed by atoms with Gasteiger partial charge in [0.25, 0.3) is 0 Å². The maximum absolute atomic E-state index is 6.83. The first-order valence-electron chi connectivity index (χ1n) is 26.8. The van der Waals surface area contributed by atoms with Crippen molar-refractivity contribution in [2.45, 2.75) is 67.2 Å². The van der Waals surface area contributed by atoms with Gasteiger partial charge < -0.3 is 18.6 Å². The first-order chi connectivity index (χ1) is 36.9. The van der Waals surface area contributed by atoms with Crippen molar-refractivity contribution in [3.63, 3.8) is 0 Å². The summed E-state index contributed by atoms with van der Waals surface area (Å²) in [5.41, 5.74) is 22.5. The average molecular weight is 985 g/mol. The van der Waals surface area contributed by atoms with Gasteiger partial charge in [-0.1, -0.05) is 149 Å². The Kier molecular flexibility index (Phi) is 11.4. The summed E-state index contributed by atoms with van der Waals surface area (Å²) in [6, 6.07) is 75.8. The SMILES string of the molecule is Cc1ccc(-c2ccccc2)cc1N(c1ccc2cc3c(cc2c1)oc1cc2c(cc13)oc1cc3cc(N(c4cc(-c5ccccc5)ccc4C)c4cc(C(C)C)ccc4C)ccc3cc12)c1cc(C(C)C)ccc1C. The molecule has 13 rings (SSSR count). The zero-order chi connectivity index (χ0) is 51.9. The maximum atomic E-state index is 6.83. The monoisotopic (exact) mass is 984 g/mol. The van der Waals surface area contributed by atoms with E-state index < -0.39 is 0 Å². The van der Waals surface area contributed by atoms with Crippen LogP contribution in [0.5, 0.6) is 0 Å². The average Bonchev–Trinajstić information content (AvgIpc) is 4.01. The van der Waals surface area contributed by atoms with Crippen LogP contribution in [0.4, 0.5) is 34.1 Å². The van der Waals surface area contributed by atoms with E-state index in [1.807, 2.05) is 0 Å². The number of anilines is 6. The second kappa shape index (κ2) is 18.5. The molecular weight excluding hydrogens is 925 g/mol. The Balaban J connectivity index is 0.909. The van der Waals surface area contributed by atoms with Gasteiger partial charge in [0.1, 0.15) is 22.3 Å². The third kappa shape index (κ3) is 8.17. The number of aryl methyl sites for hydroxylation is 4. The molecule has 0 fully saturated rings. The maximum Gasteiger partial charge on any atom is 0.136 e. The number of rotatable bonds is 10. The van der Waals surface area contributed by atoms with E-state index in [0.29, 0.717) is 11.8 Å². The Morgan fingerprint density at radius 2 is 0.645 bits per heavy atom. The summed E-state index contributed by atoms with van der Waals surface area (Å²) in [5, 5.41) is 8.74. The van der Waals surface area contributed by atoms with Crippen LogP contribution in [0, 0.1) is 27.7 Å². The summed E-state index contributed by atoms with van der Waals surface area (Å²) >= 11 is 0. The molecule has 0 radical (unpaired) electrons. The zero-order valence-electron chi connectivity index (χ0n) is 44.5. The number of nitrogens with zero attached hydrogens (tertiary/aromatic N) is 2. The fourth-order valence-corrected chi connectivity index (χ4v) is 11.4. The molecule has 0 atom stereocenters. The van der Waals surface area contributed by atoms with E-state index in [-0.39, 0.29) is 0 Å². The fourth-order valence-electron chi connectivity index (χ4n) is 11.4. The molecule has 2 aromatic heterocycles. The molecule has 0 bridgehead atoms. The van der Waals surface area contributed by atoms with Crippen LogP contribution in [-0.2, 0) is 0 Å². The molecule has 4 nitrogen and oxygen atoms in total. The van der Waals surface area contributed by atoms with Crippen molar-refractivity contribution >= 4 is 99.5 Å². The summed E-state index contributed by atoms with van der Waals surface area (Å²) in [7, 11) is 0. The molecule has 11 aromatic carbocycles. The highest BCUT2D eigenvalue weighted by molar-refractivity contribution is 6.18. The highest BCUT2D eigenvalue weighted by Crippen LogP contribution is 2.46. The lowest BCUT2D eigenvalue weighted by Crippen LogP contribution is -2.13. The first kappa shape index (κ1) is 46.9. The topological polar surface area (TPSA) is 32.8 Å². The van der Waals surface area contributed by atoms with Gasteiger partial charge in [-0.3, -0.25) is 0 Å². The Morgan fingerprint density at radius 3 is 1.04 bits per heavy atom. The minimum atomic E-state index is 0.392. The van der Waals surface area contributed by atoms with Gasteiger partial charge in [0, 0.05) is 55.7 Å². The van der Waals surface area contributed by atoms with Crippen LogP contribution >= 0.6 is 0 Å². The number of furan rings is 2. The van der Waals surface area contributed by atoms with E-state index >= 15 is 0 Å². The molecule has 0 saturated carbocycles. The molecule has 0 aliphatic carbocycles. The second-order valence-electron chi connectivity index (χ2n) is 21.6. The Bertz CT molecular complexity index is 4120. The Hall–Kier alpha value is -8.86. The summed E-state index contributed by atoms with van der Waals surface area (Å²) in [6.07, 6.45) is 0. The van der Waals surface area contributed by atoms with Gasteiger partial charge >= 0.3 is 0 Å². The number of hydrogen-bond acceptors (Lipinski definition) is 4. The van der Waals surface area contributed by atoms with Crippen molar-refractivity contribution in [1.29, 1.82) is 0 Å². The number of fused-ring (bicyclic) bond motifs is 8. The van der Waals surface area contributed by atoms with Crippen LogP contribution < -0.4 is 9.80 Å². The van der Waals surface area contributed by atoms with E-state index in [0.717, 1.165) is 88.2 Å². The summed E-state index contributed by atoms with van der Waals surface area (Å²) < 4.78 is 13.7. The van der Waals surface area contributed by atoms with Crippen LogP contribution in [0.3, 0.4) is 0 Å².